The minimum absolute atomic E-state index is 0.196. The van der Waals surface area contributed by atoms with E-state index in [-0.39, 0.29) is 5.82 Å². The summed E-state index contributed by atoms with van der Waals surface area (Å²) in [7, 11) is 1.96. The topological polar surface area (TPSA) is 34.0 Å². The van der Waals surface area contributed by atoms with Crippen LogP contribution in [0.15, 0.2) is 54.9 Å². The number of aryl methyl sites for hydroxylation is 1. The van der Waals surface area contributed by atoms with Crippen LogP contribution in [0.4, 0.5) is 4.39 Å². The Hall–Kier alpha value is -2.53. The van der Waals surface area contributed by atoms with Crippen LogP contribution in [-0.2, 0) is 20.0 Å². The van der Waals surface area contributed by atoms with Crippen molar-refractivity contribution in [3.05, 3.63) is 83.2 Å². The van der Waals surface area contributed by atoms with Crippen LogP contribution in [0.25, 0.3) is 0 Å². The number of nitrogens with zero attached hydrogens (tertiary/aromatic N) is 4. The maximum Gasteiger partial charge on any atom is 0.123 e. The molecule has 0 N–H and O–H groups in total. The van der Waals surface area contributed by atoms with Gasteiger partial charge in [0.25, 0.3) is 0 Å². The number of benzene rings is 1. The third-order valence-electron chi connectivity index (χ3n) is 5.30. The Labute approximate surface area is 159 Å². The third-order valence-corrected chi connectivity index (χ3v) is 5.30. The van der Waals surface area contributed by atoms with E-state index in [2.05, 4.69) is 34.4 Å². The Morgan fingerprint density at radius 3 is 2.52 bits per heavy atom. The second-order valence-electron chi connectivity index (χ2n) is 7.43. The molecule has 0 saturated carbocycles. The van der Waals surface area contributed by atoms with Gasteiger partial charge in [0.1, 0.15) is 5.82 Å². The number of piperidine rings is 1. The molecule has 1 fully saturated rings. The number of hydrogen-bond donors (Lipinski definition) is 0. The second-order valence-corrected chi connectivity index (χ2v) is 7.43. The first kappa shape index (κ1) is 17.9. The van der Waals surface area contributed by atoms with Crippen LogP contribution >= 0.6 is 0 Å². The molecule has 0 aliphatic carbocycles. The summed E-state index contributed by atoms with van der Waals surface area (Å²) < 4.78 is 14.9. The van der Waals surface area contributed by atoms with Crippen LogP contribution in [0, 0.1) is 5.82 Å². The van der Waals surface area contributed by atoms with E-state index in [0.717, 1.165) is 50.2 Å². The lowest BCUT2D eigenvalue weighted by atomic mass is 9.92. The predicted molar refractivity (Wildman–Crippen MR) is 104 cm³/mol. The molecule has 0 unspecified atom stereocenters. The van der Waals surface area contributed by atoms with Gasteiger partial charge in [-0.15, -0.1) is 0 Å². The van der Waals surface area contributed by atoms with E-state index in [0.29, 0.717) is 5.92 Å². The van der Waals surface area contributed by atoms with Gasteiger partial charge in [0.15, 0.2) is 0 Å². The van der Waals surface area contributed by atoms with Gasteiger partial charge in [-0.05, 0) is 55.8 Å². The number of aromatic nitrogens is 3. The summed E-state index contributed by atoms with van der Waals surface area (Å²) in [5.41, 5.74) is 4.61. The van der Waals surface area contributed by atoms with Gasteiger partial charge in [-0.1, -0.05) is 18.2 Å². The van der Waals surface area contributed by atoms with E-state index in [1.165, 1.54) is 23.4 Å². The number of likely N-dealkylation sites (tertiary alicyclic amines) is 1. The summed E-state index contributed by atoms with van der Waals surface area (Å²) >= 11 is 0. The Bertz CT molecular complexity index is 879. The molecule has 0 bridgehead atoms. The van der Waals surface area contributed by atoms with Crippen LogP contribution in [0.5, 0.6) is 0 Å². The first-order valence-electron chi connectivity index (χ1n) is 9.56. The predicted octanol–water partition coefficient (Wildman–Crippen LogP) is 3.92. The maximum atomic E-state index is 13.1. The normalized spacial score (nSPS) is 15.9. The number of pyridine rings is 1. The lowest BCUT2D eigenvalue weighted by Crippen LogP contribution is -2.32. The minimum atomic E-state index is -0.196. The molecule has 0 spiro atoms. The highest BCUT2D eigenvalue weighted by Crippen LogP contribution is 2.27. The quantitative estimate of drug-likeness (QED) is 0.688. The standard InChI is InChI=1S/C22H25FN4/c1-26-15-18(14-24-26)16-27-11-9-19(10-12-27)22-4-2-3-21(25-22)13-17-5-7-20(23)8-6-17/h2-8,14-15,19H,9-13,16H2,1H3. The smallest absolute Gasteiger partial charge is 0.123 e. The van der Waals surface area contributed by atoms with Crippen molar-refractivity contribution in [2.45, 2.75) is 31.7 Å². The molecule has 1 saturated heterocycles. The molecule has 1 aliphatic rings. The average Bonchev–Trinajstić information content (AvgIpc) is 3.09. The van der Waals surface area contributed by atoms with Crippen LogP contribution in [0.3, 0.4) is 0 Å². The molecule has 0 atom stereocenters. The van der Waals surface area contributed by atoms with Crippen LogP contribution in [0.2, 0.25) is 0 Å². The van der Waals surface area contributed by atoms with Gasteiger partial charge >= 0.3 is 0 Å². The van der Waals surface area contributed by atoms with Crippen molar-refractivity contribution < 1.29 is 4.39 Å². The largest absolute Gasteiger partial charge is 0.299 e. The fourth-order valence-electron chi connectivity index (χ4n) is 3.83. The van der Waals surface area contributed by atoms with Gasteiger partial charge in [0.2, 0.25) is 0 Å². The molecule has 3 heterocycles. The fourth-order valence-corrected chi connectivity index (χ4v) is 3.83. The maximum absolute atomic E-state index is 13.1. The second kappa shape index (κ2) is 8.01. The molecule has 140 valence electrons. The fraction of sp³-hybridized carbons (Fsp3) is 0.364. The van der Waals surface area contributed by atoms with Gasteiger partial charge in [0.05, 0.1) is 6.20 Å². The Balaban J connectivity index is 1.36. The summed E-state index contributed by atoms with van der Waals surface area (Å²) in [6.07, 6.45) is 7.05. The molecule has 27 heavy (non-hydrogen) atoms. The molecule has 4 nitrogen and oxygen atoms in total. The molecule has 4 rings (SSSR count). The first-order valence-corrected chi connectivity index (χ1v) is 9.56. The monoisotopic (exact) mass is 364 g/mol. The van der Waals surface area contributed by atoms with Crippen molar-refractivity contribution >= 4 is 0 Å². The Morgan fingerprint density at radius 2 is 1.81 bits per heavy atom. The SMILES string of the molecule is Cn1cc(CN2CCC(c3cccc(Cc4ccc(F)cc4)n3)CC2)cn1. The van der Waals surface area contributed by atoms with Crippen molar-refractivity contribution in [3.8, 4) is 0 Å². The molecule has 5 heteroatoms. The molecule has 0 radical (unpaired) electrons. The average molecular weight is 364 g/mol. The van der Waals surface area contributed by atoms with Crippen LogP contribution < -0.4 is 0 Å². The number of rotatable bonds is 5. The minimum Gasteiger partial charge on any atom is -0.299 e. The lowest BCUT2D eigenvalue weighted by molar-refractivity contribution is 0.203. The number of hydrogen-bond acceptors (Lipinski definition) is 3. The van der Waals surface area contributed by atoms with Crippen molar-refractivity contribution in [1.29, 1.82) is 0 Å². The molecular formula is C22H25FN4. The molecule has 1 aromatic carbocycles. The van der Waals surface area contributed by atoms with Crippen LogP contribution in [-0.4, -0.2) is 32.8 Å². The van der Waals surface area contributed by atoms with E-state index in [1.54, 1.807) is 0 Å². The zero-order valence-corrected chi connectivity index (χ0v) is 15.7. The highest BCUT2D eigenvalue weighted by molar-refractivity contribution is 5.24. The Kier molecular flexibility index (Phi) is 5.30. The summed E-state index contributed by atoms with van der Waals surface area (Å²) in [5.74, 6) is 0.321. The van der Waals surface area contributed by atoms with Crippen molar-refractivity contribution in [2.24, 2.45) is 7.05 Å². The van der Waals surface area contributed by atoms with E-state index >= 15 is 0 Å². The van der Waals surface area contributed by atoms with E-state index in [9.17, 15) is 4.39 Å². The molecular weight excluding hydrogens is 339 g/mol. The first-order chi connectivity index (χ1) is 13.2. The lowest BCUT2D eigenvalue weighted by Gasteiger charge is -2.31. The molecule has 3 aromatic rings. The van der Waals surface area contributed by atoms with Crippen molar-refractivity contribution in [1.82, 2.24) is 19.7 Å². The van der Waals surface area contributed by atoms with E-state index in [4.69, 9.17) is 4.98 Å². The van der Waals surface area contributed by atoms with E-state index < -0.39 is 0 Å². The zero-order chi connectivity index (χ0) is 18.6. The third kappa shape index (κ3) is 4.61. The summed E-state index contributed by atoms with van der Waals surface area (Å²) in [6.45, 7) is 3.14. The van der Waals surface area contributed by atoms with Gasteiger partial charge in [-0.2, -0.15) is 5.10 Å². The van der Waals surface area contributed by atoms with E-state index in [1.807, 2.05) is 30.1 Å². The van der Waals surface area contributed by atoms with Crippen LogP contribution in [0.1, 0.15) is 41.3 Å². The summed E-state index contributed by atoms with van der Waals surface area (Å²) in [5, 5.41) is 4.25. The van der Waals surface area contributed by atoms with Gasteiger partial charge in [-0.25, -0.2) is 4.39 Å². The number of halogens is 1. The highest BCUT2D eigenvalue weighted by atomic mass is 19.1. The van der Waals surface area contributed by atoms with Gasteiger partial charge < -0.3 is 0 Å². The Morgan fingerprint density at radius 1 is 1.04 bits per heavy atom. The molecule has 2 aromatic heterocycles. The van der Waals surface area contributed by atoms with Crippen molar-refractivity contribution in [3.63, 3.8) is 0 Å². The highest BCUT2D eigenvalue weighted by Gasteiger charge is 2.22. The summed E-state index contributed by atoms with van der Waals surface area (Å²) in [4.78, 5) is 7.40. The van der Waals surface area contributed by atoms with Gasteiger partial charge in [-0.3, -0.25) is 14.6 Å². The van der Waals surface area contributed by atoms with Gasteiger partial charge in [0, 0.05) is 49.1 Å². The van der Waals surface area contributed by atoms with Crippen molar-refractivity contribution in [2.75, 3.05) is 13.1 Å². The molecule has 1 aliphatic heterocycles. The molecule has 0 amide bonds. The zero-order valence-electron chi connectivity index (χ0n) is 15.7. The summed E-state index contributed by atoms with van der Waals surface area (Å²) in [6, 6.07) is 13.0.